The number of hydrogen-bond acceptors (Lipinski definition) is 5. The van der Waals surface area contributed by atoms with Crippen LogP contribution in [0.2, 0.25) is 0 Å². The van der Waals surface area contributed by atoms with Crippen molar-refractivity contribution < 1.29 is 17.9 Å². The first-order valence-corrected chi connectivity index (χ1v) is 10.5. The Morgan fingerprint density at radius 3 is 2.42 bits per heavy atom. The maximum atomic E-state index is 12.6. The molecular weight excluding hydrogens is 396 g/mol. The van der Waals surface area contributed by atoms with E-state index >= 15 is 0 Å². The number of carbonyl (C=O) groups is 1. The normalized spacial score (nSPS) is 18.9. The molecule has 0 aliphatic carbocycles. The zero-order chi connectivity index (χ0) is 17.2. The van der Waals surface area contributed by atoms with Crippen molar-refractivity contribution in [1.82, 2.24) is 4.90 Å². The first kappa shape index (κ1) is 17.7. The van der Waals surface area contributed by atoms with E-state index in [2.05, 4.69) is 20.8 Å². The van der Waals surface area contributed by atoms with Crippen molar-refractivity contribution in [1.29, 1.82) is 0 Å². The van der Waals surface area contributed by atoms with Crippen molar-refractivity contribution in [3.63, 3.8) is 0 Å². The van der Waals surface area contributed by atoms with E-state index in [9.17, 15) is 13.2 Å². The van der Waals surface area contributed by atoms with Gasteiger partial charge in [-0.15, -0.1) is 0 Å². The number of morpholine rings is 1. The fourth-order valence-corrected chi connectivity index (χ4v) is 5.07. The van der Waals surface area contributed by atoms with Gasteiger partial charge >= 0.3 is 0 Å². The Hall–Kier alpha value is -1.12. The first-order valence-electron chi connectivity index (χ1n) is 8.10. The minimum atomic E-state index is -3.65. The predicted molar refractivity (Wildman–Crippen MR) is 95.0 cm³/mol. The predicted octanol–water partition coefficient (Wildman–Crippen LogP) is 1.68. The van der Waals surface area contributed by atoms with E-state index in [0.29, 0.717) is 26.3 Å². The van der Waals surface area contributed by atoms with Crippen molar-refractivity contribution in [2.45, 2.75) is 17.7 Å². The highest BCUT2D eigenvalue weighted by molar-refractivity contribution is 9.10. The number of sulfone groups is 1. The van der Waals surface area contributed by atoms with Crippen molar-refractivity contribution in [3.05, 3.63) is 22.7 Å². The molecule has 2 saturated heterocycles. The molecular formula is C16H21BrN2O4S. The van der Waals surface area contributed by atoms with Crippen LogP contribution in [0.1, 0.15) is 12.8 Å². The van der Waals surface area contributed by atoms with Crippen LogP contribution in [0.15, 0.2) is 27.6 Å². The zero-order valence-corrected chi connectivity index (χ0v) is 15.8. The van der Waals surface area contributed by atoms with E-state index in [-0.39, 0.29) is 10.8 Å². The second-order valence-electron chi connectivity index (χ2n) is 6.06. The molecule has 0 spiro atoms. The number of hydrogen-bond donors (Lipinski definition) is 0. The molecule has 0 unspecified atom stereocenters. The Labute approximate surface area is 150 Å². The van der Waals surface area contributed by atoms with E-state index < -0.39 is 15.6 Å². The molecule has 0 bridgehead atoms. The lowest BCUT2D eigenvalue weighted by atomic mass is 10.3. The third kappa shape index (κ3) is 3.92. The highest BCUT2D eigenvalue weighted by atomic mass is 79.9. The molecule has 0 aromatic heterocycles. The Morgan fingerprint density at radius 1 is 1.12 bits per heavy atom. The van der Waals surface area contributed by atoms with Gasteiger partial charge in [0.15, 0.2) is 9.84 Å². The van der Waals surface area contributed by atoms with E-state index in [4.69, 9.17) is 4.74 Å². The average molecular weight is 417 g/mol. The van der Waals surface area contributed by atoms with Crippen molar-refractivity contribution in [2.24, 2.45) is 0 Å². The van der Waals surface area contributed by atoms with Crippen LogP contribution in [0, 0.1) is 0 Å². The second-order valence-corrected chi connectivity index (χ2v) is 8.90. The minimum Gasteiger partial charge on any atom is -0.378 e. The minimum absolute atomic E-state index is 0.180. The number of amides is 1. The Balaban J connectivity index is 1.74. The molecule has 1 aromatic carbocycles. The molecule has 132 valence electrons. The standard InChI is InChI=1S/C16H21BrN2O4S/c17-14-11-13(3-4-15(14)18-5-1-2-6-18)24(21,22)12-16(20)19-7-9-23-10-8-19/h3-4,11H,1-2,5-10,12H2. The maximum absolute atomic E-state index is 12.6. The van der Waals surface area contributed by atoms with E-state index in [1.165, 1.54) is 0 Å². The molecule has 6 nitrogen and oxygen atoms in total. The molecule has 0 atom stereocenters. The highest BCUT2D eigenvalue weighted by Crippen LogP contribution is 2.31. The summed E-state index contributed by atoms with van der Waals surface area (Å²) in [6, 6.07) is 5.03. The molecule has 2 fully saturated rings. The molecule has 2 aliphatic heterocycles. The Morgan fingerprint density at radius 2 is 1.79 bits per heavy atom. The SMILES string of the molecule is O=C(CS(=O)(=O)c1ccc(N2CCCC2)c(Br)c1)N1CCOCC1. The highest BCUT2D eigenvalue weighted by Gasteiger charge is 2.26. The van der Waals surface area contributed by atoms with Gasteiger partial charge in [-0.1, -0.05) is 0 Å². The lowest BCUT2D eigenvalue weighted by molar-refractivity contribution is -0.132. The summed E-state index contributed by atoms with van der Waals surface area (Å²) in [6.45, 7) is 3.79. The average Bonchev–Trinajstić information content (AvgIpc) is 3.09. The molecule has 8 heteroatoms. The van der Waals surface area contributed by atoms with E-state index in [1.807, 2.05) is 6.07 Å². The fourth-order valence-electron chi connectivity index (χ4n) is 3.05. The molecule has 24 heavy (non-hydrogen) atoms. The van der Waals surface area contributed by atoms with E-state index in [1.54, 1.807) is 17.0 Å². The summed E-state index contributed by atoms with van der Waals surface area (Å²) < 4.78 is 31.1. The Kier molecular flexibility index (Phi) is 5.46. The van der Waals surface area contributed by atoms with Crippen molar-refractivity contribution in [2.75, 3.05) is 50.0 Å². The molecule has 2 aliphatic rings. The number of rotatable bonds is 4. The summed E-state index contributed by atoms with van der Waals surface area (Å²) >= 11 is 3.47. The summed E-state index contributed by atoms with van der Waals surface area (Å²) in [6.07, 6.45) is 2.31. The van der Waals surface area contributed by atoms with Crippen LogP contribution in [-0.4, -0.2) is 64.4 Å². The van der Waals surface area contributed by atoms with Crippen molar-refractivity contribution >= 4 is 37.4 Å². The molecule has 2 heterocycles. The second kappa shape index (κ2) is 7.41. The number of halogens is 1. The quantitative estimate of drug-likeness (QED) is 0.746. The van der Waals surface area contributed by atoms with E-state index in [0.717, 1.165) is 36.1 Å². The number of benzene rings is 1. The van der Waals surface area contributed by atoms with Gasteiger partial charge in [0.1, 0.15) is 5.75 Å². The van der Waals surface area contributed by atoms with Gasteiger partial charge < -0.3 is 14.5 Å². The molecule has 1 amide bonds. The third-order valence-corrected chi connectivity index (χ3v) is 6.64. The lowest BCUT2D eigenvalue weighted by Gasteiger charge is -2.26. The number of anilines is 1. The first-order chi connectivity index (χ1) is 11.5. The van der Waals surface area contributed by atoms with Crippen LogP contribution in [0.5, 0.6) is 0 Å². The molecule has 0 N–H and O–H groups in total. The van der Waals surface area contributed by atoms with Gasteiger partial charge in [0.25, 0.3) is 0 Å². The van der Waals surface area contributed by atoms with Crippen LogP contribution in [0.3, 0.4) is 0 Å². The van der Waals surface area contributed by atoms with Crippen molar-refractivity contribution in [3.8, 4) is 0 Å². The smallest absolute Gasteiger partial charge is 0.238 e. The number of carbonyl (C=O) groups excluding carboxylic acids is 1. The summed E-state index contributed by atoms with van der Waals surface area (Å²) in [5, 5.41) is 0. The zero-order valence-electron chi connectivity index (χ0n) is 13.4. The molecule has 0 radical (unpaired) electrons. The van der Waals surface area contributed by atoms with Crippen LogP contribution >= 0.6 is 15.9 Å². The molecule has 1 aromatic rings. The summed E-state index contributed by atoms with van der Waals surface area (Å²) in [5.41, 5.74) is 1.01. The summed E-state index contributed by atoms with van der Waals surface area (Å²) in [7, 11) is -3.65. The summed E-state index contributed by atoms with van der Waals surface area (Å²) in [5.74, 6) is -0.860. The van der Waals surface area contributed by atoms with Crippen LogP contribution < -0.4 is 4.90 Å². The Bertz CT molecular complexity index is 711. The largest absolute Gasteiger partial charge is 0.378 e. The van der Waals surface area contributed by atoms with Crippen LogP contribution in [0.25, 0.3) is 0 Å². The molecule has 3 rings (SSSR count). The van der Waals surface area contributed by atoms with Crippen LogP contribution in [0.4, 0.5) is 5.69 Å². The van der Waals surface area contributed by atoms with Gasteiger partial charge in [0.2, 0.25) is 5.91 Å². The number of nitrogens with zero attached hydrogens (tertiary/aromatic N) is 2. The molecule has 0 saturated carbocycles. The maximum Gasteiger partial charge on any atom is 0.238 e. The monoisotopic (exact) mass is 416 g/mol. The fraction of sp³-hybridized carbons (Fsp3) is 0.562. The number of ether oxygens (including phenoxy) is 1. The van der Waals surface area contributed by atoms with Gasteiger partial charge in [0, 0.05) is 30.7 Å². The van der Waals surface area contributed by atoms with Gasteiger partial charge in [-0.2, -0.15) is 0 Å². The topological polar surface area (TPSA) is 66.9 Å². The van der Waals surface area contributed by atoms with Gasteiger partial charge in [-0.3, -0.25) is 4.79 Å². The van der Waals surface area contributed by atoms with Gasteiger partial charge in [-0.05, 0) is 47.0 Å². The van der Waals surface area contributed by atoms with Gasteiger partial charge in [0.05, 0.1) is 23.8 Å². The third-order valence-electron chi connectivity index (χ3n) is 4.40. The lowest BCUT2D eigenvalue weighted by Crippen LogP contribution is -2.43. The van der Waals surface area contributed by atoms with Crippen LogP contribution in [-0.2, 0) is 19.4 Å². The summed E-state index contributed by atoms with van der Waals surface area (Å²) in [4.78, 5) is 16.2. The van der Waals surface area contributed by atoms with Gasteiger partial charge in [-0.25, -0.2) is 8.42 Å².